The number of aromatic nitrogens is 1. The molecule has 0 aliphatic carbocycles. The molecule has 164 valence electrons. The number of carbonyl (C=O) groups excluding carboxylic acids is 2. The second-order valence-corrected chi connectivity index (χ2v) is 7.57. The molecule has 2 rings (SSSR count). The number of benzene rings is 1. The summed E-state index contributed by atoms with van der Waals surface area (Å²) in [4.78, 5) is 29.2. The standard InChI is InChI=1S/C22H31ClN4O3/c1-4-5-12-26(16-20-10-7-11-25(20)2)21(28)17-27(13-14-30-3)22(29)24-19-9-6-8-18(23)15-19/h6-11,15H,4-5,12-14,16-17H2,1-3H3,(H,24,29). The van der Waals surface area contributed by atoms with Crippen LogP contribution in [0.5, 0.6) is 0 Å². The summed E-state index contributed by atoms with van der Waals surface area (Å²) in [6.45, 7) is 3.87. The lowest BCUT2D eigenvalue weighted by Crippen LogP contribution is -2.45. The van der Waals surface area contributed by atoms with Crippen molar-refractivity contribution < 1.29 is 14.3 Å². The Balaban J connectivity index is 2.09. The van der Waals surface area contributed by atoms with Gasteiger partial charge in [-0.05, 0) is 36.8 Å². The number of amides is 3. The number of nitrogens with zero attached hydrogens (tertiary/aromatic N) is 3. The molecule has 30 heavy (non-hydrogen) atoms. The summed E-state index contributed by atoms with van der Waals surface area (Å²) in [6.07, 6.45) is 3.85. The number of methoxy groups -OCH3 is 1. The quantitative estimate of drug-likeness (QED) is 0.581. The molecule has 0 bridgehead atoms. The molecule has 3 amide bonds. The highest BCUT2D eigenvalue weighted by Gasteiger charge is 2.22. The average molecular weight is 435 g/mol. The molecule has 1 aromatic heterocycles. The molecule has 1 N–H and O–H groups in total. The molecule has 0 spiro atoms. The van der Waals surface area contributed by atoms with Crippen molar-refractivity contribution >= 4 is 29.2 Å². The minimum absolute atomic E-state index is 0.0239. The lowest BCUT2D eigenvalue weighted by Gasteiger charge is -2.28. The molecule has 8 heteroatoms. The van der Waals surface area contributed by atoms with E-state index in [0.717, 1.165) is 18.5 Å². The third kappa shape index (κ3) is 7.39. The van der Waals surface area contributed by atoms with Gasteiger partial charge in [-0.2, -0.15) is 0 Å². The summed E-state index contributed by atoms with van der Waals surface area (Å²) in [5.41, 5.74) is 1.63. The van der Waals surface area contributed by atoms with Crippen molar-refractivity contribution in [1.82, 2.24) is 14.4 Å². The Labute approximate surface area is 183 Å². The number of unbranched alkanes of at least 4 members (excludes halogenated alkanes) is 1. The predicted molar refractivity (Wildman–Crippen MR) is 120 cm³/mol. The van der Waals surface area contributed by atoms with Crippen molar-refractivity contribution in [3.63, 3.8) is 0 Å². The van der Waals surface area contributed by atoms with Crippen molar-refractivity contribution in [3.8, 4) is 0 Å². The van der Waals surface area contributed by atoms with Gasteiger partial charge in [-0.25, -0.2) is 4.79 Å². The van der Waals surface area contributed by atoms with E-state index in [9.17, 15) is 9.59 Å². The van der Waals surface area contributed by atoms with E-state index in [1.54, 1.807) is 31.4 Å². The number of urea groups is 1. The van der Waals surface area contributed by atoms with Gasteiger partial charge in [-0.3, -0.25) is 4.79 Å². The first-order valence-electron chi connectivity index (χ1n) is 10.1. The number of anilines is 1. The van der Waals surface area contributed by atoms with Gasteiger partial charge >= 0.3 is 6.03 Å². The highest BCUT2D eigenvalue weighted by Crippen LogP contribution is 2.15. The number of hydrogen-bond acceptors (Lipinski definition) is 3. The number of hydrogen-bond donors (Lipinski definition) is 1. The van der Waals surface area contributed by atoms with Crippen LogP contribution in [0.3, 0.4) is 0 Å². The highest BCUT2D eigenvalue weighted by atomic mass is 35.5. The zero-order valence-corrected chi connectivity index (χ0v) is 18.7. The average Bonchev–Trinajstić information content (AvgIpc) is 3.12. The fraction of sp³-hybridized carbons (Fsp3) is 0.455. The van der Waals surface area contributed by atoms with E-state index < -0.39 is 0 Å². The summed E-state index contributed by atoms with van der Waals surface area (Å²) in [5.74, 6) is -0.0954. The van der Waals surface area contributed by atoms with Gasteiger partial charge in [-0.1, -0.05) is 31.0 Å². The molecule has 2 aromatic rings. The molecule has 0 aliphatic rings. The molecular weight excluding hydrogens is 404 g/mol. The molecule has 0 fully saturated rings. The minimum Gasteiger partial charge on any atom is -0.383 e. The van der Waals surface area contributed by atoms with E-state index in [-0.39, 0.29) is 18.5 Å². The zero-order chi connectivity index (χ0) is 21.9. The highest BCUT2D eigenvalue weighted by molar-refractivity contribution is 6.30. The van der Waals surface area contributed by atoms with Crippen molar-refractivity contribution in [2.45, 2.75) is 26.3 Å². The minimum atomic E-state index is -0.364. The smallest absolute Gasteiger partial charge is 0.322 e. The van der Waals surface area contributed by atoms with Crippen LogP contribution in [0.25, 0.3) is 0 Å². The Bertz CT molecular complexity index is 824. The third-order valence-electron chi connectivity index (χ3n) is 4.79. The molecule has 1 heterocycles. The maximum atomic E-state index is 13.1. The Hall–Kier alpha value is -2.51. The first-order chi connectivity index (χ1) is 14.4. The van der Waals surface area contributed by atoms with E-state index >= 15 is 0 Å². The van der Waals surface area contributed by atoms with Gasteiger partial charge in [0.1, 0.15) is 6.54 Å². The number of ether oxygens (including phenoxy) is 1. The normalized spacial score (nSPS) is 10.7. The molecule has 0 radical (unpaired) electrons. The summed E-state index contributed by atoms with van der Waals surface area (Å²) >= 11 is 6.00. The lowest BCUT2D eigenvalue weighted by atomic mass is 10.2. The molecule has 1 aromatic carbocycles. The van der Waals surface area contributed by atoms with E-state index in [4.69, 9.17) is 16.3 Å². The Morgan fingerprint density at radius 2 is 1.97 bits per heavy atom. The number of nitrogens with one attached hydrogen (secondary N) is 1. The van der Waals surface area contributed by atoms with Crippen molar-refractivity contribution in [2.75, 3.05) is 38.7 Å². The Kier molecular flexibility index (Phi) is 9.70. The third-order valence-corrected chi connectivity index (χ3v) is 5.03. The number of halogens is 1. The van der Waals surface area contributed by atoms with Crippen LogP contribution in [0.15, 0.2) is 42.6 Å². The molecule has 0 unspecified atom stereocenters. The van der Waals surface area contributed by atoms with Crippen molar-refractivity contribution in [2.24, 2.45) is 7.05 Å². The number of carbonyl (C=O) groups is 2. The fourth-order valence-electron chi connectivity index (χ4n) is 2.98. The number of aryl methyl sites for hydroxylation is 1. The predicted octanol–water partition coefficient (Wildman–Crippen LogP) is 3.99. The van der Waals surface area contributed by atoms with Gasteiger partial charge in [-0.15, -0.1) is 0 Å². The SMILES string of the molecule is CCCCN(Cc1cccn1C)C(=O)CN(CCOC)C(=O)Nc1cccc(Cl)c1. The van der Waals surface area contributed by atoms with E-state index in [2.05, 4.69) is 12.2 Å². The maximum absolute atomic E-state index is 13.1. The topological polar surface area (TPSA) is 66.8 Å². The van der Waals surface area contributed by atoms with Crippen LogP contribution in [0.4, 0.5) is 10.5 Å². The summed E-state index contributed by atoms with van der Waals surface area (Å²) < 4.78 is 7.13. The lowest BCUT2D eigenvalue weighted by molar-refractivity contribution is -0.132. The van der Waals surface area contributed by atoms with Crippen LogP contribution in [0.2, 0.25) is 5.02 Å². The largest absolute Gasteiger partial charge is 0.383 e. The van der Waals surface area contributed by atoms with Crippen molar-refractivity contribution in [1.29, 1.82) is 0 Å². The van der Waals surface area contributed by atoms with Gasteiger partial charge in [0.05, 0.1) is 13.2 Å². The molecule has 0 atom stereocenters. The van der Waals surface area contributed by atoms with Gasteiger partial charge in [0.2, 0.25) is 5.91 Å². The van der Waals surface area contributed by atoms with Crippen LogP contribution in [0, 0.1) is 0 Å². The summed E-state index contributed by atoms with van der Waals surface area (Å²) in [7, 11) is 3.53. The van der Waals surface area contributed by atoms with E-state index in [0.29, 0.717) is 37.0 Å². The van der Waals surface area contributed by atoms with Gasteiger partial charge in [0.25, 0.3) is 0 Å². The van der Waals surface area contributed by atoms with Crippen LogP contribution in [-0.4, -0.2) is 59.7 Å². The summed E-state index contributed by atoms with van der Waals surface area (Å²) in [6, 6.07) is 10.5. The van der Waals surface area contributed by atoms with Gasteiger partial charge in [0.15, 0.2) is 0 Å². The van der Waals surface area contributed by atoms with E-state index in [1.807, 2.05) is 34.8 Å². The fourth-order valence-corrected chi connectivity index (χ4v) is 3.17. The van der Waals surface area contributed by atoms with Crippen molar-refractivity contribution in [3.05, 3.63) is 53.3 Å². The molecule has 0 aliphatic heterocycles. The van der Waals surface area contributed by atoms with Crippen LogP contribution in [-0.2, 0) is 23.1 Å². The second kappa shape index (κ2) is 12.2. The van der Waals surface area contributed by atoms with Gasteiger partial charge in [0, 0.05) is 49.8 Å². The molecule has 7 nitrogen and oxygen atoms in total. The van der Waals surface area contributed by atoms with Gasteiger partial charge < -0.3 is 24.4 Å². The zero-order valence-electron chi connectivity index (χ0n) is 17.9. The first kappa shape index (κ1) is 23.8. The molecule has 0 saturated carbocycles. The van der Waals surface area contributed by atoms with Crippen LogP contribution >= 0.6 is 11.6 Å². The monoisotopic (exact) mass is 434 g/mol. The molecular formula is C22H31ClN4O3. The number of rotatable bonds is 11. The maximum Gasteiger partial charge on any atom is 0.322 e. The van der Waals surface area contributed by atoms with Crippen LogP contribution < -0.4 is 5.32 Å². The Morgan fingerprint density at radius 1 is 1.17 bits per heavy atom. The Morgan fingerprint density at radius 3 is 2.60 bits per heavy atom. The van der Waals surface area contributed by atoms with Crippen LogP contribution in [0.1, 0.15) is 25.5 Å². The van der Waals surface area contributed by atoms with E-state index in [1.165, 1.54) is 4.90 Å². The molecule has 0 saturated heterocycles. The summed E-state index contributed by atoms with van der Waals surface area (Å²) in [5, 5.41) is 3.33. The second-order valence-electron chi connectivity index (χ2n) is 7.13. The first-order valence-corrected chi connectivity index (χ1v) is 10.5.